The molecule has 0 spiro atoms. The zero-order valence-electron chi connectivity index (χ0n) is 14.7. The van der Waals surface area contributed by atoms with Crippen molar-refractivity contribution >= 4 is 0 Å². The smallest absolute Gasteiger partial charge is 0.123 e. The third kappa shape index (κ3) is 4.92. The molecule has 24 heavy (non-hydrogen) atoms. The minimum atomic E-state index is -0.151. The summed E-state index contributed by atoms with van der Waals surface area (Å²) in [5, 5.41) is 0. The molecule has 2 heterocycles. The monoisotopic (exact) mass is 330 g/mol. The Morgan fingerprint density at radius 3 is 2.67 bits per heavy atom. The molecule has 0 N–H and O–H groups in total. The van der Waals surface area contributed by atoms with Crippen molar-refractivity contribution in [3.8, 4) is 0 Å². The lowest BCUT2D eigenvalue weighted by Crippen LogP contribution is -2.37. The Balaban J connectivity index is 1.41. The topological polar surface area (TPSA) is 19.6 Å². The molecule has 0 atom stereocenters. The van der Waals surface area contributed by atoms with Gasteiger partial charge >= 0.3 is 0 Å². The molecule has 2 aromatic rings. The van der Waals surface area contributed by atoms with Gasteiger partial charge < -0.3 is 9.32 Å². The molecule has 1 aliphatic rings. The van der Waals surface area contributed by atoms with Crippen LogP contribution in [-0.2, 0) is 13.1 Å². The van der Waals surface area contributed by atoms with Gasteiger partial charge in [-0.1, -0.05) is 12.1 Å². The highest BCUT2D eigenvalue weighted by Crippen LogP contribution is 2.21. The molecule has 0 aliphatic carbocycles. The van der Waals surface area contributed by atoms with Gasteiger partial charge in [-0.25, -0.2) is 4.39 Å². The maximum Gasteiger partial charge on any atom is 0.123 e. The molecule has 0 amide bonds. The Morgan fingerprint density at radius 1 is 1.21 bits per heavy atom. The van der Waals surface area contributed by atoms with Crippen molar-refractivity contribution in [2.75, 3.05) is 26.7 Å². The van der Waals surface area contributed by atoms with E-state index >= 15 is 0 Å². The lowest BCUT2D eigenvalue weighted by molar-refractivity contribution is 0.140. The van der Waals surface area contributed by atoms with Gasteiger partial charge in [0.15, 0.2) is 0 Å². The molecule has 0 unspecified atom stereocenters. The van der Waals surface area contributed by atoms with E-state index in [1.54, 1.807) is 12.1 Å². The number of halogens is 1. The number of hydrogen-bond donors (Lipinski definition) is 0. The van der Waals surface area contributed by atoms with Gasteiger partial charge in [-0.3, -0.25) is 4.90 Å². The Labute approximate surface area is 144 Å². The van der Waals surface area contributed by atoms with Gasteiger partial charge in [0.25, 0.3) is 0 Å². The van der Waals surface area contributed by atoms with Crippen molar-refractivity contribution in [3.63, 3.8) is 0 Å². The second-order valence-corrected chi connectivity index (χ2v) is 7.06. The second-order valence-electron chi connectivity index (χ2n) is 7.06. The number of furan rings is 1. The van der Waals surface area contributed by atoms with Crippen LogP contribution in [0.15, 0.2) is 40.8 Å². The standard InChI is InChI=1S/C20H27FN2O/c1-16-6-7-20(24-16)15-23-10-8-17(9-11-23)13-22(2)14-18-4-3-5-19(21)12-18/h3-7,12,17H,8-11,13-15H2,1-2H3. The number of hydrogen-bond acceptors (Lipinski definition) is 3. The van der Waals surface area contributed by atoms with Crippen LogP contribution in [0.5, 0.6) is 0 Å². The van der Waals surface area contributed by atoms with Crippen LogP contribution < -0.4 is 0 Å². The van der Waals surface area contributed by atoms with Crippen LogP contribution in [0.4, 0.5) is 4.39 Å². The average Bonchev–Trinajstić information content (AvgIpc) is 2.94. The molecule has 130 valence electrons. The number of likely N-dealkylation sites (tertiary alicyclic amines) is 1. The number of piperidine rings is 1. The first-order valence-corrected chi connectivity index (χ1v) is 8.79. The van der Waals surface area contributed by atoms with Crippen LogP contribution >= 0.6 is 0 Å². The van der Waals surface area contributed by atoms with Gasteiger partial charge in [0, 0.05) is 13.1 Å². The van der Waals surface area contributed by atoms with Gasteiger partial charge in [-0.2, -0.15) is 0 Å². The van der Waals surface area contributed by atoms with E-state index in [-0.39, 0.29) is 5.82 Å². The summed E-state index contributed by atoms with van der Waals surface area (Å²) in [5.41, 5.74) is 1.04. The molecular weight excluding hydrogens is 303 g/mol. The van der Waals surface area contributed by atoms with Crippen molar-refractivity contribution in [1.82, 2.24) is 9.80 Å². The van der Waals surface area contributed by atoms with E-state index in [2.05, 4.69) is 22.9 Å². The summed E-state index contributed by atoms with van der Waals surface area (Å²) < 4.78 is 18.9. The van der Waals surface area contributed by atoms with E-state index in [1.165, 1.54) is 18.9 Å². The third-order valence-corrected chi connectivity index (χ3v) is 4.79. The predicted octanol–water partition coefficient (Wildman–Crippen LogP) is 4.07. The van der Waals surface area contributed by atoms with E-state index in [9.17, 15) is 4.39 Å². The number of aryl methyl sites for hydroxylation is 1. The van der Waals surface area contributed by atoms with Crippen LogP contribution in [0, 0.1) is 18.7 Å². The lowest BCUT2D eigenvalue weighted by atomic mass is 9.96. The molecule has 1 aliphatic heterocycles. The summed E-state index contributed by atoms with van der Waals surface area (Å²) in [6, 6.07) is 11.0. The van der Waals surface area contributed by atoms with Gasteiger partial charge in [-0.05, 0) is 75.6 Å². The van der Waals surface area contributed by atoms with E-state index in [0.717, 1.165) is 55.7 Å². The van der Waals surface area contributed by atoms with Crippen LogP contribution in [0.25, 0.3) is 0 Å². The van der Waals surface area contributed by atoms with Crippen molar-refractivity contribution in [2.45, 2.75) is 32.9 Å². The fourth-order valence-corrected chi connectivity index (χ4v) is 3.57. The normalized spacial score (nSPS) is 16.8. The van der Waals surface area contributed by atoms with E-state index in [0.29, 0.717) is 0 Å². The Kier molecular flexibility index (Phi) is 5.69. The third-order valence-electron chi connectivity index (χ3n) is 4.79. The number of nitrogens with zero attached hydrogens (tertiary/aromatic N) is 2. The first kappa shape index (κ1) is 17.2. The summed E-state index contributed by atoms with van der Waals surface area (Å²) in [7, 11) is 2.13. The maximum absolute atomic E-state index is 13.3. The molecule has 1 aromatic carbocycles. The average molecular weight is 330 g/mol. The summed E-state index contributed by atoms with van der Waals surface area (Å²) >= 11 is 0. The highest BCUT2D eigenvalue weighted by molar-refractivity contribution is 5.16. The molecular formula is C20H27FN2O. The first-order valence-electron chi connectivity index (χ1n) is 8.79. The Hall–Kier alpha value is -1.65. The maximum atomic E-state index is 13.3. The highest BCUT2D eigenvalue weighted by atomic mass is 19.1. The minimum absolute atomic E-state index is 0.151. The molecule has 3 rings (SSSR count). The fourth-order valence-electron chi connectivity index (χ4n) is 3.57. The van der Waals surface area contributed by atoms with Gasteiger partial charge in [0.2, 0.25) is 0 Å². The van der Waals surface area contributed by atoms with Crippen LogP contribution in [0.1, 0.15) is 29.9 Å². The van der Waals surface area contributed by atoms with Crippen LogP contribution in [0.2, 0.25) is 0 Å². The molecule has 1 saturated heterocycles. The molecule has 0 radical (unpaired) electrons. The largest absolute Gasteiger partial charge is 0.465 e. The van der Waals surface area contributed by atoms with Gasteiger partial charge in [0.1, 0.15) is 17.3 Å². The Bertz CT molecular complexity index is 647. The van der Waals surface area contributed by atoms with Gasteiger partial charge in [-0.15, -0.1) is 0 Å². The zero-order chi connectivity index (χ0) is 16.9. The minimum Gasteiger partial charge on any atom is -0.465 e. The molecule has 1 aromatic heterocycles. The van der Waals surface area contributed by atoms with E-state index < -0.39 is 0 Å². The number of benzene rings is 1. The lowest BCUT2D eigenvalue weighted by Gasteiger charge is -2.33. The van der Waals surface area contributed by atoms with E-state index in [4.69, 9.17) is 4.42 Å². The number of rotatable bonds is 6. The molecule has 3 nitrogen and oxygen atoms in total. The predicted molar refractivity (Wildman–Crippen MR) is 94.2 cm³/mol. The SMILES string of the molecule is Cc1ccc(CN2CCC(CN(C)Cc3cccc(F)c3)CC2)o1. The Morgan fingerprint density at radius 2 is 2.00 bits per heavy atom. The molecule has 1 fully saturated rings. The molecule has 0 bridgehead atoms. The second kappa shape index (κ2) is 7.95. The highest BCUT2D eigenvalue weighted by Gasteiger charge is 2.21. The molecule has 4 heteroatoms. The van der Waals surface area contributed by atoms with Gasteiger partial charge in [0.05, 0.1) is 6.54 Å². The summed E-state index contributed by atoms with van der Waals surface area (Å²) in [4.78, 5) is 4.78. The first-order chi connectivity index (χ1) is 11.6. The van der Waals surface area contributed by atoms with Crippen molar-refractivity contribution in [2.24, 2.45) is 5.92 Å². The van der Waals surface area contributed by atoms with E-state index in [1.807, 2.05) is 19.1 Å². The van der Waals surface area contributed by atoms with Crippen LogP contribution in [0.3, 0.4) is 0 Å². The summed E-state index contributed by atoms with van der Waals surface area (Å²) in [5.74, 6) is 2.62. The summed E-state index contributed by atoms with van der Waals surface area (Å²) in [6.07, 6.45) is 2.43. The van der Waals surface area contributed by atoms with Crippen LogP contribution in [-0.4, -0.2) is 36.5 Å². The quantitative estimate of drug-likeness (QED) is 0.796. The fraction of sp³-hybridized carbons (Fsp3) is 0.500. The zero-order valence-corrected chi connectivity index (χ0v) is 14.7. The van der Waals surface area contributed by atoms with Crippen molar-refractivity contribution in [3.05, 3.63) is 59.3 Å². The summed E-state index contributed by atoms with van der Waals surface area (Å²) in [6.45, 7) is 7.04. The molecule has 0 saturated carbocycles. The van der Waals surface area contributed by atoms with Crippen molar-refractivity contribution in [1.29, 1.82) is 0 Å². The van der Waals surface area contributed by atoms with Crippen molar-refractivity contribution < 1.29 is 8.81 Å².